The average molecular weight is 349 g/mol. The number of benzene rings is 1. The zero-order chi connectivity index (χ0) is 18.1. The molecule has 6 heteroatoms. The first-order valence-electron chi connectivity index (χ1n) is 9.03. The van der Waals surface area contributed by atoms with Crippen molar-refractivity contribution in [3.05, 3.63) is 66.0 Å². The minimum atomic E-state index is 0.0817. The third-order valence-corrected chi connectivity index (χ3v) is 5.02. The molecule has 1 amide bonds. The first-order valence-corrected chi connectivity index (χ1v) is 9.03. The second-order valence-corrected chi connectivity index (χ2v) is 6.88. The van der Waals surface area contributed by atoms with Crippen LogP contribution in [0.15, 0.2) is 48.9 Å². The third kappa shape index (κ3) is 3.14. The fraction of sp³-hybridized carbons (Fsp3) is 0.350. The zero-order valence-electron chi connectivity index (χ0n) is 15.2. The van der Waals surface area contributed by atoms with Crippen LogP contribution in [0.3, 0.4) is 0 Å². The molecule has 1 saturated heterocycles. The second kappa shape index (κ2) is 6.78. The number of carbonyl (C=O) groups is 1. The largest absolute Gasteiger partial charge is 0.337 e. The van der Waals surface area contributed by atoms with E-state index in [0.29, 0.717) is 11.6 Å². The number of aryl methyl sites for hydroxylation is 2. The number of piperidine rings is 1. The number of aromatic nitrogens is 4. The molecule has 4 rings (SSSR count). The zero-order valence-corrected chi connectivity index (χ0v) is 15.2. The minimum absolute atomic E-state index is 0.0817. The summed E-state index contributed by atoms with van der Waals surface area (Å²) in [6, 6.07) is 9.94. The van der Waals surface area contributed by atoms with Gasteiger partial charge in [-0.05, 0) is 51.0 Å². The molecule has 0 N–H and O–H groups in total. The van der Waals surface area contributed by atoms with Crippen LogP contribution in [0.25, 0.3) is 5.69 Å². The van der Waals surface area contributed by atoms with Crippen molar-refractivity contribution in [3.8, 4) is 5.69 Å². The van der Waals surface area contributed by atoms with E-state index in [1.807, 2.05) is 67.7 Å². The van der Waals surface area contributed by atoms with Crippen LogP contribution in [0.1, 0.15) is 40.8 Å². The Bertz CT molecular complexity index is 926. The summed E-state index contributed by atoms with van der Waals surface area (Å²) in [4.78, 5) is 19.3. The van der Waals surface area contributed by atoms with Crippen LogP contribution in [0.2, 0.25) is 0 Å². The smallest absolute Gasteiger partial charge is 0.254 e. The van der Waals surface area contributed by atoms with E-state index in [-0.39, 0.29) is 5.91 Å². The molecule has 26 heavy (non-hydrogen) atoms. The van der Waals surface area contributed by atoms with E-state index in [1.54, 1.807) is 4.68 Å². The lowest BCUT2D eigenvalue weighted by Gasteiger charge is -2.34. The van der Waals surface area contributed by atoms with Gasteiger partial charge in [-0.3, -0.25) is 4.79 Å². The summed E-state index contributed by atoms with van der Waals surface area (Å²) in [5.41, 5.74) is 2.57. The summed E-state index contributed by atoms with van der Waals surface area (Å²) in [7, 11) is 0. The molecule has 0 unspecified atom stereocenters. The van der Waals surface area contributed by atoms with Gasteiger partial charge in [-0.2, -0.15) is 5.10 Å². The predicted molar refractivity (Wildman–Crippen MR) is 99.4 cm³/mol. The van der Waals surface area contributed by atoms with Crippen LogP contribution in [0, 0.1) is 13.8 Å². The lowest BCUT2D eigenvalue weighted by Crippen LogP contribution is -2.40. The SMILES string of the molecule is Cc1ccn(-c2cccc(C(=O)N3CCC[C@@H](n4ccnc4C)C3)c2)n1. The molecule has 1 aliphatic heterocycles. The molecule has 0 radical (unpaired) electrons. The summed E-state index contributed by atoms with van der Waals surface area (Å²) < 4.78 is 3.99. The van der Waals surface area contributed by atoms with Gasteiger partial charge in [0.25, 0.3) is 5.91 Å². The summed E-state index contributed by atoms with van der Waals surface area (Å²) in [5, 5.41) is 4.43. The summed E-state index contributed by atoms with van der Waals surface area (Å²) >= 11 is 0. The molecule has 1 atom stereocenters. The van der Waals surface area contributed by atoms with Crippen molar-refractivity contribution in [2.75, 3.05) is 13.1 Å². The summed E-state index contributed by atoms with van der Waals surface area (Å²) in [6.45, 7) is 5.49. The Morgan fingerprint density at radius 2 is 2.08 bits per heavy atom. The highest BCUT2D eigenvalue weighted by Crippen LogP contribution is 2.24. The number of hydrogen-bond donors (Lipinski definition) is 0. The topological polar surface area (TPSA) is 56.0 Å². The fourth-order valence-corrected chi connectivity index (χ4v) is 3.66. The molecule has 3 heterocycles. The van der Waals surface area contributed by atoms with Crippen LogP contribution in [-0.4, -0.2) is 43.2 Å². The van der Waals surface area contributed by atoms with Gasteiger partial charge in [-0.15, -0.1) is 0 Å². The Kier molecular flexibility index (Phi) is 4.32. The van der Waals surface area contributed by atoms with Crippen LogP contribution in [-0.2, 0) is 0 Å². The van der Waals surface area contributed by atoms with Crippen LogP contribution < -0.4 is 0 Å². The van der Waals surface area contributed by atoms with E-state index in [4.69, 9.17) is 0 Å². The summed E-state index contributed by atoms with van der Waals surface area (Å²) in [6.07, 6.45) is 7.83. The fourth-order valence-electron chi connectivity index (χ4n) is 3.66. The van der Waals surface area contributed by atoms with Gasteiger partial charge in [0.1, 0.15) is 5.82 Å². The quantitative estimate of drug-likeness (QED) is 0.730. The first-order chi connectivity index (χ1) is 12.6. The number of amides is 1. The van der Waals surface area contributed by atoms with Gasteiger partial charge >= 0.3 is 0 Å². The standard InChI is InChI=1S/C20H23N5O/c1-15-8-11-25(22-15)18-6-3-5-17(13-18)20(26)23-10-4-7-19(14-23)24-12-9-21-16(24)2/h3,5-6,8-9,11-13,19H,4,7,10,14H2,1-2H3/t19-/m1/s1. The highest BCUT2D eigenvalue weighted by Gasteiger charge is 2.26. The maximum absolute atomic E-state index is 13.1. The first kappa shape index (κ1) is 16.6. The predicted octanol–water partition coefficient (Wildman–Crippen LogP) is 3.16. The lowest BCUT2D eigenvalue weighted by atomic mass is 10.0. The molecule has 6 nitrogen and oxygen atoms in total. The average Bonchev–Trinajstić information content (AvgIpc) is 3.29. The minimum Gasteiger partial charge on any atom is -0.337 e. The van der Waals surface area contributed by atoms with Crippen molar-refractivity contribution in [3.63, 3.8) is 0 Å². The molecule has 1 aliphatic rings. The molecule has 3 aromatic rings. The Morgan fingerprint density at radius 1 is 1.19 bits per heavy atom. The van der Waals surface area contributed by atoms with Crippen LogP contribution in [0.5, 0.6) is 0 Å². The van der Waals surface area contributed by atoms with E-state index in [1.165, 1.54) is 0 Å². The summed E-state index contributed by atoms with van der Waals surface area (Å²) in [5.74, 6) is 1.08. The molecule has 134 valence electrons. The Morgan fingerprint density at radius 3 is 2.81 bits per heavy atom. The number of rotatable bonds is 3. The van der Waals surface area contributed by atoms with E-state index in [9.17, 15) is 4.79 Å². The molecule has 1 fully saturated rings. The monoisotopic (exact) mass is 349 g/mol. The number of hydrogen-bond acceptors (Lipinski definition) is 3. The Balaban J connectivity index is 1.55. The molecule has 2 aromatic heterocycles. The third-order valence-electron chi connectivity index (χ3n) is 5.02. The normalized spacial score (nSPS) is 17.5. The van der Waals surface area contributed by atoms with Gasteiger partial charge in [0.05, 0.1) is 17.4 Å². The molecule has 0 aliphatic carbocycles. The van der Waals surface area contributed by atoms with Gasteiger partial charge in [0.15, 0.2) is 0 Å². The molecular formula is C20H23N5O. The van der Waals surface area contributed by atoms with Gasteiger partial charge in [0, 0.05) is 37.2 Å². The second-order valence-electron chi connectivity index (χ2n) is 6.88. The number of likely N-dealkylation sites (tertiary alicyclic amines) is 1. The van der Waals surface area contributed by atoms with Gasteiger partial charge in [-0.25, -0.2) is 9.67 Å². The van der Waals surface area contributed by atoms with E-state index in [0.717, 1.165) is 43.1 Å². The van der Waals surface area contributed by atoms with Crippen molar-refractivity contribution in [2.24, 2.45) is 0 Å². The molecule has 0 spiro atoms. The van der Waals surface area contributed by atoms with Crippen molar-refractivity contribution in [2.45, 2.75) is 32.7 Å². The molecule has 1 aromatic carbocycles. The molecular weight excluding hydrogens is 326 g/mol. The van der Waals surface area contributed by atoms with Crippen LogP contribution >= 0.6 is 0 Å². The van der Waals surface area contributed by atoms with Crippen LogP contribution in [0.4, 0.5) is 0 Å². The lowest BCUT2D eigenvalue weighted by molar-refractivity contribution is 0.0678. The van der Waals surface area contributed by atoms with Gasteiger partial charge < -0.3 is 9.47 Å². The van der Waals surface area contributed by atoms with E-state index >= 15 is 0 Å². The maximum atomic E-state index is 13.1. The van der Waals surface area contributed by atoms with E-state index in [2.05, 4.69) is 14.6 Å². The highest BCUT2D eigenvalue weighted by molar-refractivity contribution is 5.94. The van der Waals surface area contributed by atoms with Gasteiger partial charge in [0.2, 0.25) is 0 Å². The molecule has 0 saturated carbocycles. The van der Waals surface area contributed by atoms with E-state index < -0.39 is 0 Å². The Labute approximate surface area is 153 Å². The van der Waals surface area contributed by atoms with Gasteiger partial charge in [-0.1, -0.05) is 6.07 Å². The van der Waals surface area contributed by atoms with Crippen molar-refractivity contribution in [1.82, 2.24) is 24.2 Å². The molecule has 0 bridgehead atoms. The van der Waals surface area contributed by atoms with Crippen molar-refractivity contribution in [1.29, 1.82) is 0 Å². The van der Waals surface area contributed by atoms with Crippen molar-refractivity contribution < 1.29 is 4.79 Å². The Hall–Kier alpha value is -2.89. The maximum Gasteiger partial charge on any atom is 0.254 e. The van der Waals surface area contributed by atoms with Crippen molar-refractivity contribution >= 4 is 5.91 Å². The highest BCUT2D eigenvalue weighted by atomic mass is 16.2. The number of nitrogens with zero attached hydrogens (tertiary/aromatic N) is 5. The number of carbonyl (C=O) groups excluding carboxylic acids is 1. The number of imidazole rings is 1.